The minimum Gasteiger partial charge on any atom is -0.493 e. The maximum Gasteiger partial charge on any atom is 0.392 e. The van der Waals surface area contributed by atoms with Crippen molar-refractivity contribution in [3.8, 4) is 45.4 Å². The quantitative estimate of drug-likeness (QED) is 0.0449. The minimum absolute atomic E-state index is 0.0809. The van der Waals surface area contributed by atoms with Crippen LogP contribution in [0.15, 0.2) is 84.9 Å². The third-order valence-corrected chi connectivity index (χ3v) is 13.5. The molecule has 0 radical (unpaired) electrons. The molecule has 1 aliphatic rings. The van der Waals surface area contributed by atoms with Gasteiger partial charge >= 0.3 is 16.3 Å². The highest BCUT2D eigenvalue weighted by molar-refractivity contribution is 7.97. The number of carbonyl (C=O) groups excluding carboxylic acids is 1. The molecule has 7 rings (SSSR count). The van der Waals surface area contributed by atoms with E-state index in [1.807, 2.05) is 6.92 Å². The van der Waals surface area contributed by atoms with Crippen LogP contribution >= 0.6 is 71.3 Å². The molecule has 2 aromatic heterocycles. The first-order chi connectivity index (χ1) is 32.5. The van der Waals surface area contributed by atoms with E-state index < -0.39 is 52.8 Å². The van der Waals surface area contributed by atoms with Crippen molar-refractivity contribution in [1.29, 1.82) is 0 Å². The van der Waals surface area contributed by atoms with Gasteiger partial charge in [0.25, 0.3) is 0 Å². The lowest BCUT2D eigenvalue weighted by atomic mass is 9.92. The van der Waals surface area contributed by atoms with Crippen molar-refractivity contribution < 1.29 is 48.5 Å². The Kier molecular flexibility index (Phi) is 17.7. The number of rotatable bonds is 15. The smallest absolute Gasteiger partial charge is 0.392 e. The van der Waals surface area contributed by atoms with E-state index in [0.29, 0.717) is 94.4 Å². The first-order valence-corrected chi connectivity index (χ1v) is 24.8. The lowest BCUT2D eigenvalue weighted by molar-refractivity contribution is -0.139. The summed E-state index contributed by atoms with van der Waals surface area (Å²) in [4.78, 5) is 12.2. The Balaban J connectivity index is 0.000000235. The number of halogens is 10. The summed E-state index contributed by atoms with van der Waals surface area (Å²) in [6, 6.07) is 22.4. The van der Waals surface area contributed by atoms with Crippen molar-refractivity contribution in [2.75, 3.05) is 19.0 Å². The second-order valence-electron chi connectivity index (χ2n) is 15.7. The fourth-order valence-electron chi connectivity index (χ4n) is 7.26. The van der Waals surface area contributed by atoms with Crippen molar-refractivity contribution in [3.05, 3.63) is 128 Å². The molecule has 0 bridgehead atoms. The molecule has 1 fully saturated rings. The average molecular weight is 1100 g/mol. The molecule has 23 heteroatoms. The summed E-state index contributed by atoms with van der Waals surface area (Å²) >= 11 is 34.4. The SMILES string of the molecule is Cc1c(C(=O)S)nn(-c2ccc(Cl)cc2Cl)c1-c1ccc(OCCC(F)(F)F)cc1.Cc1c(C(=S)NC2CCC(F)(F)CC2)nn(-c2ccc(Cl)cc2Cl)c1-c1ccc(OS(=O)(=O)CCCF)cc1. The first kappa shape index (κ1) is 53.8. The molecule has 0 atom stereocenters. The summed E-state index contributed by atoms with van der Waals surface area (Å²) in [5.74, 6) is -2.71. The number of nitrogens with zero attached hydrogens (tertiary/aromatic N) is 4. The molecule has 0 aliphatic heterocycles. The van der Waals surface area contributed by atoms with Crippen molar-refractivity contribution in [2.24, 2.45) is 0 Å². The van der Waals surface area contributed by atoms with Crippen LogP contribution in [0.1, 0.15) is 65.8 Å². The fourth-order valence-corrected chi connectivity index (χ4v) is 9.76. The molecule has 4 aromatic carbocycles. The Bertz CT molecular complexity index is 2930. The normalized spacial score (nSPS) is 13.9. The van der Waals surface area contributed by atoms with E-state index in [2.05, 4.69) is 23.0 Å². The van der Waals surface area contributed by atoms with Crippen LogP contribution < -0.4 is 14.2 Å². The van der Waals surface area contributed by atoms with Gasteiger partial charge in [-0.3, -0.25) is 9.18 Å². The molecule has 6 aromatic rings. The first-order valence-electron chi connectivity index (χ1n) is 20.9. The maximum atomic E-state index is 13.6. The number of hydrogen-bond acceptors (Lipinski definition) is 8. The molecule has 1 N–H and O–H groups in total. The Labute approximate surface area is 424 Å². The molecule has 0 amide bonds. The maximum absolute atomic E-state index is 13.6. The van der Waals surface area contributed by atoms with E-state index in [0.717, 1.165) is 0 Å². The van der Waals surface area contributed by atoms with Crippen molar-refractivity contribution in [1.82, 2.24) is 24.9 Å². The lowest BCUT2D eigenvalue weighted by Gasteiger charge is -2.29. The monoisotopic (exact) mass is 1090 g/mol. The van der Waals surface area contributed by atoms with Gasteiger partial charge in [-0.1, -0.05) is 71.3 Å². The predicted octanol–water partition coefficient (Wildman–Crippen LogP) is 13.6. The fraction of sp³-hybridized carbons (Fsp3) is 0.304. The topological polar surface area (TPSA) is 117 Å². The van der Waals surface area contributed by atoms with Gasteiger partial charge < -0.3 is 14.2 Å². The zero-order chi connectivity index (χ0) is 50.4. The molecule has 1 saturated carbocycles. The number of thiol groups is 1. The van der Waals surface area contributed by atoms with E-state index in [-0.39, 0.29) is 36.7 Å². The third kappa shape index (κ3) is 14.1. The van der Waals surface area contributed by atoms with Gasteiger partial charge in [-0.25, -0.2) is 18.1 Å². The van der Waals surface area contributed by atoms with Crippen LogP contribution in [-0.4, -0.2) is 75.3 Å². The van der Waals surface area contributed by atoms with Crippen LogP contribution in [-0.2, 0) is 10.1 Å². The largest absolute Gasteiger partial charge is 0.493 e. The highest BCUT2D eigenvalue weighted by atomic mass is 35.5. The molecule has 2 heterocycles. The minimum atomic E-state index is -4.28. The van der Waals surface area contributed by atoms with Gasteiger partial charge in [0.2, 0.25) is 11.0 Å². The number of alkyl halides is 6. The number of carbonyl (C=O) groups is 1. The highest BCUT2D eigenvalue weighted by Crippen LogP contribution is 2.37. The number of aromatic nitrogens is 4. The van der Waals surface area contributed by atoms with Crippen LogP contribution in [0, 0.1) is 13.8 Å². The molecule has 0 spiro atoms. The Morgan fingerprint density at radius 2 is 1.29 bits per heavy atom. The summed E-state index contributed by atoms with van der Waals surface area (Å²) in [6.07, 6.45) is -5.30. The molecule has 0 saturated heterocycles. The molecule has 0 unspecified atom stereocenters. The van der Waals surface area contributed by atoms with Crippen molar-refractivity contribution in [2.45, 2.75) is 70.5 Å². The van der Waals surface area contributed by atoms with Crippen LogP contribution in [0.5, 0.6) is 11.5 Å². The van der Waals surface area contributed by atoms with Gasteiger partial charge in [-0.15, -0.1) is 0 Å². The summed E-state index contributed by atoms with van der Waals surface area (Å²) in [6.45, 7) is 2.31. The molecular formula is C46H41Cl4F6N5O5S3. The zero-order valence-corrected chi connectivity index (χ0v) is 41.9. The second-order valence-corrected chi connectivity index (χ2v) is 19.9. The van der Waals surface area contributed by atoms with E-state index in [1.165, 1.54) is 16.8 Å². The summed E-state index contributed by atoms with van der Waals surface area (Å²) in [5, 5.41) is 13.3. The zero-order valence-electron chi connectivity index (χ0n) is 36.4. The van der Waals surface area contributed by atoms with E-state index >= 15 is 0 Å². The van der Waals surface area contributed by atoms with Crippen molar-refractivity contribution >= 4 is 91.5 Å². The van der Waals surface area contributed by atoms with E-state index in [1.54, 1.807) is 84.4 Å². The standard InChI is InChI=1S/C26H26Cl2F3N3O3S2.C20H15Cl2F3N2O2S/c1-16-23(25(38)32-19-9-11-26(30,31)12-10-19)33-34(22-8-5-18(27)15-21(22)28)24(16)17-3-6-20(7-4-17)37-39(35,36)14-2-13-29;1-11-17(19(28)30)26-27(16-7-4-13(21)10-15(16)22)18(11)12-2-5-14(6-3-12)29-9-8-20(23,24)25/h3-8,15,19H,2,9-14H2,1H3,(H,32,38);2-7,10H,8-9H2,1H3,(H,28,30). The van der Waals surface area contributed by atoms with Crippen LogP contribution in [0.4, 0.5) is 26.3 Å². The highest BCUT2D eigenvalue weighted by Gasteiger charge is 2.36. The average Bonchev–Trinajstić information content (AvgIpc) is 3.80. The number of nitrogens with one attached hydrogen (secondary N) is 1. The van der Waals surface area contributed by atoms with Crippen LogP contribution in [0.2, 0.25) is 20.1 Å². The Morgan fingerprint density at radius 3 is 1.75 bits per heavy atom. The molecular weight excluding hydrogens is 1050 g/mol. The lowest BCUT2D eigenvalue weighted by Crippen LogP contribution is -2.40. The third-order valence-electron chi connectivity index (χ3n) is 10.7. The van der Waals surface area contributed by atoms with Crippen molar-refractivity contribution in [3.63, 3.8) is 0 Å². The molecule has 1 aliphatic carbocycles. The summed E-state index contributed by atoms with van der Waals surface area (Å²) in [5.41, 5.74) is 5.45. The Morgan fingerprint density at radius 1 is 0.812 bits per heavy atom. The van der Waals surface area contributed by atoms with Gasteiger partial charge in [0, 0.05) is 51.2 Å². The Hall–Kier alpha value is -4.50. The molecule has 10 nitrogen and oxygen atoms in total. The predicted molar refractivity (Wildman–Crippen MR) is 264 cm³/mol. The van der Waals surface area contributed by atoms with Gasteiger partial charge in [-0.05, 0) is 118 Å². The number of ether oxygens (including phenoxy) is 1. The van der Waals surface area contributed by atoms with Gasteiger partial charge in [0.05, 0.1) is 58.3 Å². The van der Waals surface area contributed by atoms with Gasteiger partial charge in [0.1, 0.15) is 27.9 Å². The summed E-state index contributed by atoms with van der Waals surface area (Å²) in [7, 11) is -3.93. The van der Waals surface area contributed by atoms with Crippen LogP contribution in [0.3, 0.4) is 0 Å². The van der Waals surface area contributed by atoms with Crippen LogP contribution in [0.25, 0.3) is 33.9 Å². The number of benzene rings is 4. The second kappa shape index (κ2) is 22.7. The molecule has 69 heavy (non-hydrogen) atoms. The molecule has 368 valence electrons. The van der Waals surface area contributed by atoms with E-state index in [4.69, 9.17) is 72.6 Å². The summed E-state index contributed by atoms with van der Waals surface area (Å²) < 4.78 is 114. The van der Waals surface area contributed by atoms with Gasteiger partial charge in [-0.2, -0.15) is 31.8 Å². The van der Waals surface area contributed by atoms with E-state index in [9.17, 15) is 39.6 Å². The number of hydrogen-bond donors (Lipinski definition) is 2. The number of thiocarbonyl (C=S) groups is 1. The van der Waals surface area contributed by atoms with Gasteiger partial charge in [0.15, 0.2) is 0 Å².